The van der Waals surface area contributed by atoms with Gasteiger partial charge in [0.25, 0.3) is 0 Å². The van der Waals surface area contributed by atoms with Crippen molar-refractivity contribution in [3.63, 3.8) is 0 Å². The van der Waals surface area contributed by atoms with Crippen LogP contribution in [0.5, 0.6) is 0 Å². The summed E-state index contributed by atoms with van der Waals surface area (Å²) in [5, 5.41) is 0. The standard InChI is InChI=1S/C7H10O/c1-2-4-7-5-3-6-8-7/h2-3,6-7H,1,4-5H2. The quantitative estimate of drug-likeness (QED) is 0.493. The molecule has 0 aromatic carbocycles. The number of hydrogen-bond acceptors (Lipinski definition) is 1. The number of hydrogen-bond donors (Lipinski definition) is 0. The van der Waals surface area contributed by atoms with Crippen molar-refractivity contribution in [1.29, 1.82) is 0 Å². The van der Waals surface area contributed by atoms with Crippen molar-refractivity contribution in [2.24, 2.45) is 0 Å². The van der Waals surface area contributed by atoms with Gasteiger partial charge < -0.3 is 4.74 Å². The Balaban J connectivity index is 2.19. The second-order valence-electron chi connectivity index (χ2n) is 1.89. The summed E-state index contributed by atoms with van der Waals surface area (Å²) >= 11 is 0. The molecule has 0 radical (unpaired) electrons. The molecule has 1 unspecified atom stereocenters. The maximum Gasteiger partial charge on any atom is 0.105 e. The maximum atomic E-state index is 5.14. The zero-order valence-corrected chi connectivity index (χ0v) is 4.84. The molecule has 1 atom stereocenters. The van der Waals surface area contributed by atoms with E-state index in [1.165, 1.54) is 0 Å². The van der Waals surface area contributed by atoms with Crippen molar-refractivity contribution >= 4 is 0 Å². The van der Waals surface area contributed by atoms with Gasteiger partial charge in [0.05, 0.1) is 6.26 Å². The first-order valence-electron chi connectivity index (χ1n) is 2.85. The molecule has 1 heterocycles. The van der Waals surface area contributed by atoms with Crippen LogP contribution in [0.25, 0.3) is 0 Å². The van der Waals surface area contributed by atoms with Crippen LogP contribution in [0.3, 0.4) is 0 Å². The van der Waals surface area contributed by atoms with Crippen LogP contribution in [-0.2, 0) is 4.74 Å². The first kappa shape index (κ1) is 5.42. The SMILES string of the molecule is C=CCC1CC=CO1. The van der Waals surface area contributed by atoms with E-state index in [0.717, 1.165) is 12.8 Å². The molecule has 1 nitrogen and oxygen atoms in total. The molecule has 0 spiro atoms. The molecule has 44 valence electrons. The Hall–Kier alpha value is -0.720. The summed E-state index contributed by atoms with van der Waals surface area (Å²) in [5.74, 6) is 0. The first-order chi connectivity index (χ1) is 3.93. The van der Waals surface area contributed by atoms with Crippen LogP contribution in [0.2, 0.25) is 0 Å². The van der Waals surface area contributed by atoms with Crippen LogP contribution in [0, 0.1) is 0 Å². The van der Waals surface area contributed by atoms with Gasteiger partial charge in [0.2, 0.25) is 0 Å². The van der Waals surface area contributed by atoms with Crippen molar-refractivity contribution in [3.05, 3.63) is 25.0 Å². The van der Waals surface area contributed by atoms with E-state index in [-0.39, 0.29) is 0 Å². The largest absolute Gasteiger partial charge is 0.498 e. The lowest BCUT2D eigenvalue weighted by Gasteiger charge is -2.04. The monoisotopic (exact) mass is 110 g/mol. The third-order valence-corrected chi connectivity index (χ3v) is 1.20. The molecule has 0 bridgehead atoms. The van der Waals surface area contributed by atoms with E-state index in [1.807, 2.05) is 12.2 Å². The van der Waals surface area contributed by atoms with Gasteiger partial charge in [-0.15, -0.1) is 6.58 Å². The van der Waals surface area contributed by atoms with Crippen LogP contribution in [0.1, 0.15) is 12.8 Å². The Morgan fingerprint density at radius 2 is 2.75 bits per heavy atom. The third-order valence-electron chi connectivity index (χ3n) is 1.20. The molecule has 0 saturated heterocycles. The molecule has 0 fully saturated rings. The van der Waals surface area contributed by atoms with Gasteiger partial charge in [0.15, 0.2) is 0 Å². The van der Waals surface area contributed by atoms with E-state index in [1.54, 1.807) is 6.26 Å². The molecule has 0 amide bonds. The molecule has 1 heteroatoms. The van der Waals surface area contributed by atoms with E-state index in [0.29, 0.717) is 6.10 Å². The Bertz CT molecular complexity index is 97.0. The molecular formula is C7H10O. The minimum Gasteiger partial charge on any atom is -0.498 e. The van der Waals surface area contributed by atoms with Gasteiger partial charge in [-0.05, 0) is 6.08 Å². The van der Waals surface area contributed by atoms with Crippen LogP contribution in [0.15, 0.2) is 25.0 Å². The second kappa shape index (κ2) is 2.55. The molecule has 1 aliphatic heterocycles. The second-order valence-corrected chi connectivity index (χ2v) is 1.89. The lowest BCUT2D eigenvalue weighted by Crippen LogP contribution is -2.00. The Morgan fingerprint density at radius 1 is 1.88 bits per heavy atom. The van der Waals surface area contributed by atoms with Crippen LogP contribution in [0.4, 0.5) is 0 Å². The highest BCUT2D eigenvalue weighted by Crippen LogP contribution is 2.11. The highest BCUT2D eigenvalue weighted by molar-refractivity contribution is 4.89. The minimum absolute atomic E-state index is 0.382. The molecule has 0 aromatic heterocycles. The summed E-state index contributed by atoms with van der Waals surface area (Å²) in [5.41, 5.74) is 0. The molecule has 0 saturated carbocycles. The Morgan fingerprint density at radius 3 is 3.25 bits per heavy atom. The average Bonchev–Trinajstić information content (AvgIpc) is 2.19. The van der Waals surface area contributed by atoms with Crippen molar-refractivity contribution in [3.8, 4) is 0 Å². The Kier molecular flexibility index (Phi) is 1.73. The Labute approximate surface area is 49.7 Å². The summed E-state index contributed by atoms with van der Waals surface area (Å²) in [6.45, 7) is 3.62. The topological polar surface area (TPSA) is 9.23 Å². The fourth-order valence-corrected chi connectivity index (χ4v) is 0.767. The summed E-state index contributed by atoms with van der Waals surface area (Å²) in [6, 6.07) is 0. The van der Waals surface area contributed by atoms with Crippen LogP contribution >= 0.6 is 0 Å². The highest BCUT2D eigenvalue weighted by atomic mass is 16.5. The summed E-state index contributed by atoms with van der Waals surface area (Å²) < 4.78 is 5.14. The van der Waals surface area contributed by atoms with Crippen molar-refractivity contribution < 1.29 is 4.74 Å². The van der Waals surface area contributed by atoms with Crippen molar-refractivity contribution in [1.82, 2.24) is 0 Å². The number of ether oxygens (including phenoxy) is 1. The average molecular weight is 110 g/mol. The lowest BCUT2D eigenvalue weighted by molar-refractivity contribution is 0.173. The van der Waals surface area contributed by atoms with E-state index in [4.69, 9.17) is 4.74 Å². The molecule has 8 heavy (non-hydrogen) atoms. The fraction of sp³-hybridized carbons (Fsp3) is 0.429. The summed E-state index contributed by atoms with van der Waals surface area (Å²) in [4.78, 5) is 0. The fourth-order valence-electron chi connectivity index (χ4n) is 0.767. The lowest BCUT2D eigenvalue weighted by atomic mass is 10.2. The van der Waals surface area contributed by atoms with Gasteiger partial charge >= 0.3 is 0 Å². The summed E-state index contributed by atoms with van der Waals surface area (Å²) in [6.07, 6.45) is 8.08. The molecule has 0 N–H and O–H groups in total. The van der Waals surface area contributed by atoms with E-state index in [9.17, 15) is 0 Å². The van der Waals surface area contributed by atoms with Gasteiger partial charge in [-0.2, -0.15) is 0 Å². The van der Waals surface area contributed by atoms with E-state index in [2.05, 4.69) is 6.58 Å². The molecular weight excluding hydrogens is 100 g/mol. The predicted molar refractivity (Wildman–Crippen MR) is 33.4 cm³/mol. The van der Waals surface area contributed by atoms with Gasteiger partial charge in [0.1, 0.15) is 6.10 Å². The van der Waals surface area contributed by atoms with Gasteiger partial charge in [0, 0.05) is 12.8 Å². The van der Waals surface area contributed by atoms with Crippen LogP contribution in [-0.4, -0.2) is 6.10 Å². The molecule has 0 aliphatic carbocycles. The zero-order valence-electron chi connectivity index (χ0n) is 4.84. The smallest absolute Gasteiger partial charge is 0.105 e. The predicted octanol–water partition coefficient (Wildman–Crippen LogP) is 1.87. The van der Waals surface area contributed by atoms with E-state index < -0.39 is 0 Å². The highest BCUT2D eigenvalue weighted by Gasteiger charge is 2.07. The molecule has 1 aliphatic rings. The van der Waals surface area contributed by atoms with Crippen LogP contribution < -0.4 is 0 Å². The molecule has 0 aromatic rings. The molecule has 1 rings (SSSR count). The number of rotatable bonds is 2. The third kappa shape index (κ3) is 1.12. The first-order valence-corrected chi connectivity index (χ1v) is 2.85. The minimum atomic E-state index is 0.382. The zero-order chi connectivity index (χ0) is 5.82. The van der Waals surface area contributed by atoms with Crippen molar-refractivity contribution in [2.75, 3.05) is 0 Å². The van der Waals surface area contributed by atoms with Gasteiger partial charge in [-0.3, -0.25) is 0 Å². The van der Waals surface area contributed by atoms with E-state index >= 15 is 0 Å². The van der Waals surface area contributed by atoms with Gasteiger partial charge in [-0.1, -0.05) is 6.08 Å². The van der Waals surface area contributed by atoms with Gasteiger partial charge in [-0.25, -0.2) is 0 Å². The normalized spacial score (nSPS) is 25.2. The maximum absolute atomic E-state index is 5.14. The van der Waals surface area contributed by atoms with Crippen molar-refractivity contribution in [2.45, 2.75) is 18.9 Å². The summed E-state index contributed by atoms with van der Waals surface area (Å²) in [7, 11) is 0.